The van der Waals surface area contributed by atoms with Gasteiger partial charge in [-0.2, -0.15) is 0 Å². The summed E-state index contributed by atoms with van der Waals surface area (Å²) in [5.74, 6) is -1.12. The zero-order chi connectivity index (χ0) is 9.84. The molecule has 70 valence electrons. The molecule has 1 aromatic carbocycles. The Balaban J connectivity index is 3.03. The van der Waals surface area contributed by atoms with Crippen molar-refractivity contribution in [1.82, 2.24) is 0 Å². The molecule has 2 N–H and O–H groups in total. The van der Waals surface area contributed by atoms with Crippen LogP contribution in [0, 0.1) is 0 Å². The monoisotopic (exact) mass is 182 g/mol. The van der Waals surface area contributed by atoms with E-state index in [0.717, 1.165) is 0 Å². The Bertz CT molecular complexity index is 319. The van der Waals surface area contributed by atoms with Crippen LogP contribution in [0.1, 0.15) is 15.9 Å². The van der Waals surface area contributed by atoms with Gasteiger partial charge in [0.1, 0.15) is 5.75 Å². The van der Waals surface area contributed by atoms with E-state index >= 15 is 0 Å². The van der Waals surface area contributed by atoms with Crippen molar-refractivity contribution >= 4 is 5.97 Å². The molecule has 0 aromatic heterocycles. The third-order valence-electron chi connectivity index (χ3n) is 1.54. The summed E-state index contributed by atoms with van der Waals surface area (Å²) in [7, 11) is 1.50. The molecule has 4 nitrogen and oxygen atoms in total. The number of carboxylic acid groups (broad SMARTS) is 1. The predicted molar refractivity (Wildman–Crippen MR) is 45.8 cm³/mol. The number of rotatable bonds is 3. The number of hydrogen-bond acceptors (Lipinski definition) is 3. The Morgan fingerprint density at radius 2 is 2.15 bits per heavy atom. The lowest BCUT2D eigenvalue weighted by Crippen LogP contribution is -1.98. The van der Waals surface area contributed by atoms with Gasteiger partial charge in [0.15, 0.2) is 0 Å². The molecule has 0 aliphatic carbocycles. The number of benzene rings is 1. The van der Waals surface area contributed by atoms with Crippen molar-refractivity contribution < 1.29 is 19.7 Å². The van der Waals surface area contributed by atoms with Crippen LogP contribution in [0.2, 0.25) is 0 Å². The summed E-state index contributed by atoms with van der Waals surface area (Å²) in [6.45, 7) is 0.286. The van der Waals surface area contributed by atoms with Crippen molar-refractivity contribution in [3.63, 3.8) is 0 Å². The second kappa shape index (κ2) is 3.91. The van der Waals surface area contributed by atoms with Crippen LogP contribution in [0.4, 0.5) is 0 Å². The molecule has 0 radical (unpaired) electrons. The molecule has 0 unspecified atom stereocenters. The number of phenols is 1. The maximum Gasteiger partial charge on any atom is 0.335 e. The molecule has 0 amide bonds. The maximum atomic E-state index is 10.6. The lowest BCUT2D eigenvalue weighted by atomic mass is 10.1. The van der Waals surface area contributed by atoms with Crippen LogP contribution in [0.25, 0.3) is 0 Å². The maximum absolute atomic E-state index is 10.6. The Morgan fingerprint density at radius 3 is 2.69 bits per heavy atom. The van der Waals surface area contributed by atoms with Crippen LogP contribution in [0.3, 0.4) is 0 Å². The molecular formula is C9H10O4. The number of hydrogen-bond donors (Lipinski definition) is 2. The van der Waals surface area contributed by atoms with Crippen LogP contribution in [0.15, 0.2) is 18.2 Å². The summed E-state index contributed by atoms with van der Waals surface area (Å²) in [4.78, 5) is 10.6. The van der Waals surface area contributed by atoms with Gasteiger partial charge in [-0.15, -0.1) is 0 Å². The fourth-order valence-corrected chi connectivity index (χ4v) is 1.05. The minimum Gasteiger partial charge on any atom is -0.508 e. The number of ether oxygens (including phenoxy) is 1. The van der Waals surface area contributed by atoms with E-state index < -0.39 is 5.97 Å². The molecule has 0 aliphatic heterocycles. The average molecular weight is 182 g/mol. The molecule has 0 saturated heterocycles. The number of carbonyl (C=O) groups is 1. The number of carboxylic acids is 1. The Morgan fingerprint density at radius 1 is 1.46 bits per heavy atom. The molecule has 0 atom stereocenters. The van der Waals surface area contributed by atoms with E-state index in [1.165, 1.54) is 25.3 Å². The molecule has 1 rings (SSSR count). The fourth-order valence-electron chi connectivity index (χ4n) is 1.05. The summed E-state index contributed by atoms with van der Waals surface area (Å²) in [6.07, 6.45) is 0. The number of aromatic hydroxyl groups is 1. The topological polar surface area (TPSA) is 66.8 Å². The highest BCUT2D eigenvalue weighted by Gasteiger charge is 2.05. The first-order valence-corrected chi connectivity index (χ1v) is 3.68. The van der Waals surface area contributed by atoms with Crippen molar-refractivity contribution in [2.24, 2.45) is 0 Å². The normalized spacial score (nSPS) is 9.92. The van der Waals surface area contributed by atoms with Crippen LogP contribution in [-0.2, 0) is 11.3 Å². The smallest absolute Gasteiger partial charge is 0.335 e. The van der Waals surface area contributed by atoms with Crippen LogP contribution in [0.5, 0.6) is 5.75 Å². The van der Waals surface area contributed by atoms with Crippen LogP contribution >= 0.6 is 0 Å². The largest absolute Gasteiger partial charge is 0.508 e. The quantitative estimate of drug-likeness (QED) is 0.737. The summed E-state index contributed by atoms with van der Waals surface area (Å²) in [5.41, 5.74) is 0.701. The van der Waals surface area contributed by atoms with E-state index in [2.05, 4.69) is 0 Å². The molecule has 0 fully saturated rings. The van der Waals surface area contributed by atoms with E-state index in [1.54, 1.807) is 0 Å². The highest BCUT2D eigenvalue weighted by atomic mass is 16.5. The number of aromatic carboxylic acids is 1. The van der Waals surface area contributed by atoms with Gasteiger partial charge in [-0.1, -0.05) is 0 Å². The minimum absolute atomic E-state index is 0.0621. The van der Waals surface area contributed by atoms with Gasteiger partial charge in [0.05, 0.1) is 12.2 Å². The lowest BCUT2D eigenvalue weighted by molar-refractivity contribution is 0.0696. The van der Waals surface area contributed by atoms with Crippen molar-refractivity contribution in [3.05, 3.63) is 29.3 Å². The zero-order valence-electron chi connectivity index (χ0n) is 7.15. The summed E-state index contributed by atoms with van der Waals surface area (Å²) >= 11 is 0. The molecule has 13 heavy (non-hydrogen) atoms. The molecule has 0 bridgehead atoms. The number of phenolic OH excluding ortho intramolecular Hbond substituents is 1. The van der Waals surface area contributed by atoms with E-state index in [9.17, 15) is 4.79 Å². The zero-order valence-corrected chi connectivity index (χ0v) is 7.15. The Labute approximate surface area is 75.4 Å². The molecule has 0 aliphatic rings. The molecule has 4 heteroatoms. The second-order valence-electron chi connectivity index (χ2n) is 2.63. The SMILES string of the molecule is COCc1cc(O)cc(C(=O)O)c1. The second-order valence-corrected chi connectivity index (χ2v) is 2.63. The third-order valence-corrected chi connectivity index (χ3v) is 1.54. The van der Waals surface area contributed by atoms with E-state index in [1.807, 2.05) is 0 Å². The molecule has 0 spiro atoms. The molecule has 0 saturated carbocycles. The van der Waals surface area contributed by atoms with E-state index in [0.29, 0.717) is 5.56 Å². The average Bonchev–Trinajstić information content (AvgIpc) is 2.03. The van der Waals surface area contributed by atoms with Gasteiger partial charge >= 0.3 is 5.97 Å². The van der Waals surface area contributed by atoms with E-state index in [-0.39, 0.29) is 17.9 Å². The first-order valence-electron chi connectivity index (χ1n) is 3.68. The van der Waals surface area contributed by atoms with Gasteiger partial charge in [-0.3, -0.25) is 0 Å². The lowest BCUT2D eigenvalue weighted by Gasteiger charge is -2.02. The van der Waals surface area contributed by atoms with Crippen LogP contribution < -0.4 is 0 Å². The van der Waals surface area contributed by atoms with Crippen molar-refractivity contribution in [3.8, 4) is 5.75 Å². The van der Waals surface area contributed by atoms with Crippen molar-refractivity contribution in [1.29, 1.82) is 0 Å². The summed E-state index contributed by atoms with van der Waals surface area (Å²) in [5, 5.41) is 17.8. The van der Waals surface area contributed by atoms with E-state index in [4.69, 9.17) is 14.9 Å². The van der Waals surface area contributed by atoms with Crippen molar-refractivity contribution in [2.45, 2.75) is 6.61 Å². The Kier molecular flexibility index (Phi) is 2.87. The third kappa shape index (κ3) is 2.45. The van der Waals surface area contributed by atoms with Gasteiger partial charge in [-0.05, 0) is 23.8 Å². The molecular weight excluding hydrogens is 172 g/mol. The predicted octanol–water partition coefficient (Wildman–Crippen LogP) is 1.24. The molecule has 1 aromatic rings. The summed E-state index contributed by atoms with van der Waals surface area (Å²) < 4.78 is 4.81. The van der Waals surface area contributed by atoms with Gasteiger partial charge in [-0.25, -0.2) is 4.79 Å². The van der Waals surface area contributed by atoms with Gasteiger partial charge in [0.2, 0.25) is 0 Å². The standard InChI is InChI=1S/C9H10O4/c1-13-5-6-2-7(9(11)12)4-8(10)3-6/h2-4,10H,5H2,1H3,(H,11,12). The first-order chi connectivity index (χ1) is 6.13. The van der Waals surface area contributed by atoms with Crippen molar-refractivity contribution in [2.75, 3.05) is 7.11 Å². The highest BCUT2D eigenvalue weighted by Crippen LogP contribution is 2.16. The first kappa shape index (κ1) is 9.54. The Hall–Kier alpha value is -1.55. The summed E-state index contributed by atoms with van der Waals surface area (Å²) in [6, 6.07) is 4.13. The molecule has 0 heterocycles. The minimum atomic E-state index is -1.06. The van der Waals surface area contributed by atoms with Gasteiger partial charge in [0, 0.05) is 7.11 Å². The fraction of sp³-hybridized carbons (Fsp3) is 0.222. The highest BCUT2D eigenvalue weighted by molar-refractivity contribution is 5.88. The van der Waals surface area contributed by atoms with Crippen LogP contribution in [-0.4, -0.2) is 23.3 Å². The van der Waals surface area contributed by atoms with Gasteiger partial charge in [0.25, 0.3) is 0 Å². The number of methoxy groups -OCH3 is 1. The van der Waals surface area contributed by atoms with Gasteiger partial charge < -0.3 is 14.9 Å².